The number of aryl methyl sites for hydroxylation is 1. The van der Waals surface area contributed by atoms with E-state index in [4.69, 9.17) is 14.0 Å². The lowest BCUT2D eigenvalue weighted by atomic mass is 10.1. The summed E-state index contributed by atoms with van der Waals surface area (Å²) in [5.41, 5.74) is 3.23. The zero-order chi connectivity index (χ0) is 23.7. The molecule has 1 N–H and O–H groups in total. The number of hydrogen-bond donors (Lipinski definition) is 1. The monoisotopic (exact) mass is 462 g/mol. The fraction of sp³-hybridized carbons (Fsp3) is 0.261. The predicted molar refractivity (Wildman–Crippen MR) is 120 cm³/mol. The smallest absolute Gasteiger partial charge is 0.410 e. The van der Waals surface area contributed by atoms with Gasteiger partial charge in [-0.05, 0) is 30.7 Å². The molecule has 11 heteroatoms. The zero-order valence-corrected chi connectivity index (χ0v) is 18.6. The molecule has 1 fully saturated rings. The van der Waals surface area contributed by atoms with Gasteiger partial charge in [-0.15, -0.1) is 0 Å². The number of carbonyl (C=O) groups excluding carboxylic acids is 2. The van der Waals surface area contributed by atoms with Gasteiger partial charge in [0.1, 0.15) is 17.4 Å². The number of benzene rings is 1. The van der Waals surface area contributed by atoms with Gasteiger partial charge in [-0.3, -0.25) is 14.1 Å². The van der Waals surface area contributed by atoms with E-state index < -0.39 is 12.1 Å². The molecule has 5 rings (SSSR count). The van der Waals surface area contributed by atoms with Crippen LogP contribution in [-0.2, 0) is 9.47 Å². The van der Waals surface area contributed by atoms with Crippen LogP contribution < -0.4 is 5.32 Å². The maximum Gasteiger partial charge on any atom is 0.410 e. The fourth-order valence-electron chi connectivity index (χ4n) is 3.81. The summed E-state index contributed by atoms with van der Waals surface area (Å²) in [4.78, 5) is 35.3. The number of methoxy groups -OCH3 is 1. The summed E-state index contributed by atoms with van der Waals surface area (Å²) in [6, 6.07) is 10.5. The Morgan fingerprint density at radius 2 is 2.12 bits per heavy atom. The number of anilines is 1. The van der Waals surface area contributed by atoms with E-state index in [1.807, 2.05) is 37.3 Å². The van der Waals surface area contributed by atoms with E-state index in [-0.39, 0.29) is 18.4 Å². The molecule has 0 spiro atoms. The standard InChI is InChI=1S/C23H22N6O5/c1-14-6-7-15(11-16(14)25-21(30)17-12-24-19-5-3-4-8-28(17)19)20-26-22(34-27-20)18-13-33-10-9-29(18)23(31)32-2/h3-8,11-12,18H,9-10,13H2,1-2H3,(H,25,30)/t18-/m0/s1. The number of nitrogens with zero attached hydrogens (tertiary/aromatic N) is 5. The van der Waals surface area contributed by atoms with Crippen molar-refractivity contribution in [3.63, 3.8) is 0 Å². The van der Waals surface area contributed by atoms with Crippen molar-refractivity contribution in [1.29, 1.82) is 0 Å². The van der Waals surface area contributed by atoms with Crippen molar-refractivity contribution in [2.75, 3.05) is 32.2 Å². The minimum Gasteiger partial charge on any atom is -0.453 e. The molecule has 0 saturated carbocycles. The van der Waals surface area contributed by atoms with Crippen LogP contribution in [0, 0.1) is 6.92 Å². The highest BCUT2D eigenvalue weighted by atomic mass is 16.5. The summed E-state index contributed by atoms with van der Waals surface area (Å²) in [5.74, 6) is 0.286. The summed E-state index contributed by atoms with van der Waals surface area (Å²) < 4.78 is 17.5. The fourth-order valence-corrected chi connectivity index (χ4v) is 3.81. The number of hydrogen-bond acceptors (Lipinski definition) is 8. The first kappa shape index (κ1) is 21.6. The molecule has 1 atom stereocenters. The topological polar surface area (TPSA) is 124 Å². The Kier molecular flexibility index (Phi) is 5.68. The van der Waals surface area contributed by atoms with Gasteiger partial charge in [0.15, 0.2) is 0 Å². The largest absolute Gasteiger partial charge is 0.453 e. The first-order valence-electron chi connectivity index (χ1n) is 10.7. The number of imidazole rings is 1. The molecule has 3 aromatic heterocycles. The molecule has 0 unspecified atom stereocenters. The van der Waals surface area contributed by atoms with Crippen LogP contribution in [0.2, 0.25) is 0 Å². The van der Waals surface area contributed by atoms with E-state index in [0.29, 0.717) is 41.6 Å². The SMILES string of the molecule is COC(=O)N1CCOC[C@H]1c1nc(-c2ccc(C)c(NC(=O)c3cnc4ccccn34)c2)no1. The van der Waals surface area contributed by atoms with E-state index in [9.17, 15) is 9.59 Å². The average Bonchev–Trinajstić information content (AvgIpc) is 3.53. The Balaban J connectivity index is 1.39. The normalized spacial score (nSPS) is 15.9. The van der Waals surface area contributed by atoms with Crippen LogP contribution in [0.15, 0.2) is 53.3 Å². The maximum absolute atomic E-state index is 12.9. The molecule has 34 heavy (non-hydrogen) atoms. The van der Waals surface area contributed by atoms with Gasteiger partial charge in [0.2, 0.25) is 5.82 Å². The second-order valence-corrected chi connectivity index (χ2v) is 7.77. The molecular formula is C23H22N6O5. The third kappa shape index (κ3) is 3.97. The molecule has 1 aliphatic heterocycles. The summed E-state index contributed by atoms with van der Waals surface area (Å²) in [6.45, 7) is 2.88. The number of carbonyl (C=O) groups is 2. The lowest BCUT2D eigenvalue weighted by molar-refractivity contribution is -0.0153. The first-order valence-corrected chi connectivity index (χ1v) is 10.7. The third-order valence-corrected chi connectivity index (χ3v) is 5.66. The molecular weight excluding hydrogens is 440 g/mol. The highest BCUT2D eigenvalue weighted by Crippen LogP contribution is 2.28. The first-order chi connectivity index (χ1) is 16.5. The highest BCUT2D eigenvalue weighted by Gasteiger charge is 2.33. The predicted octanol–water partition coefficient (Wildman–Crippen LogP) is 3.08. The molecule has 0 aliphatic carbocycles. The van der Waals surface area contributed by atoms with E-state index in [1.54, 1.807) is 16.7 Å². The van der Waals surface area contributed by atoms with Crippen LogP contribution in [0.5, 0.6) is 0 Å². The number of ether oxygens (including phenoxy) is 2. The van der Waals surface area contributed by atoms with Crippen molar-refractivity contribution in [3.8, 4) is 11.4 Å². The number of amides is 2. The summed E-state index contributed by atoms with van der Waals surface area (Å²) in [6.07, 6.45) is 2.84. The van der Waals surface area contributed by atoms with Crippen molar-refractivity contribution < 1.29 is 23.6 Å². The van der Waals surface area contributed by atoms with Crippen LogP contribution in [-0.4, -0.2) is 63.3 Å². The molecule has 1 aromatic carbocycles. The van der Waals surface area contributed by atoms with Crippen molar-refractivity contribution in [3.05, 3.63) is 65.9 Å². The van der Waals surface area contributed by atoms with Crippen molar-refractivity contribution in [2.45, 2.75) is 13.0 Å². The van der Waals surface area contributed by atoms with Gasteiger partial charge in [0.05, 0.1) is 26.5 Å². The average molecular weight is 462 g/mol. The quantitative estimate of drug-likeness (QED) is 0.491. The molecule has 1 saturated heterocycles. The maximum atomic E-state index is 12.9. The molecule has 11 nitrogen and oxygen atoms in total. The summed E-state index contributed by atoms with van der Waals surface area (Å²) in [7, 11) is 1.32. The van der Waals surface area contributed by atoms with Gasteiger partial charge in [-0.25, -0.2) is 9.78 Å². The zero-order valence-electron chi connectivity index (χ0n) is 18.6. The van der Waals surface area contributed by atoms with Crippen LogP contribution >= 0.6 is 0 Å². The van der Waals surface area contributed by atoms with Gasteiger partial charge in [0.25, 0.3) is 11.8 Å². The van der Waals surface area contributed by atoms with E-state index in [2.05, 4.69) is 20.4 Å². The molecule has 2 amide bonds. The van der Waals surface area contributed by atoms with Crippen LogP contribution in [0.25, 0.3) is 17.0 Å². The Bertz CT molecular complexity index is 1360. The van der Waals surface area contributed by atoms with Crippen molar-refractivity contribution in [2.24, 2.45) is 0 Å². The van der Waals surface area contributed by atoms with Gasteiger partial charge >= 0.3 is 6.09 Å². The Labute approximate surface area is 194 Å². The molecule has 0 radical (unpaired) electrons. The Hall–Kier alpha value is -4.25. The van der Waals surface area contributed by atoms with Crippen LogP contribution in [0.3, 0.4) is 0 Å². The number of rotatable bonds is 4. The minimum absolute atomic E-state index is 0.227. The highest BCUT2D eigenvalue weighted by molar-refractivity contribution is 6.04. The Morgan fingerprint density at radius 3 is 2.97 bits per heavy atom. The number of pyridine rings is 1. The van der Waals surface area contributed by atoms with Crippen LogP contribution in [0.1, 0.15) is 28.0 Å². The lowest BCUT2D eigenvalue weighted by Gasteiger charge is -2.31. The van der Waals surface area contributed by atoms with E-state index in [0.717, 1.165) is 5.56 Å². The number of fused-ring (bicyclic) bond motifs is 1. The second kappa shape index (κ2) is 8.94. The van der Waals surface area contributed by atoms with Crippen molar-refractivity contribution >= 4 is 23.3 Å². The molecule has 0 bridgehead atoms. The molecule has 1 aliphatic rings. The third-order valence-electron chi connectivity index (χ3n) is 5.66. The second-order valence-electron chi connectivity index (χ2n) is 7.77. The van der Waals surface area contributed by atoms with E-state index >= 15 is 0 Å². The molecule has 4 heterocycles. The van der Waals surface area contributed by atoms with Crippen molar-refractivity contribution in [1.82, 2.24) is 24.4 Å². The van der Waals surface area contributed by atoms with Crippen LogP contribution in [0.4, 0.5) is 10.5 Å². The number of morpholine rings is 1. The Morgan fingerprint density at radius 1 is 1.24 bits per heavy atom. The number of nitrogens with one attached hydrogen (secondary N) is 1. The van der Waals surface area contributed by atoms with Gasteiger partial charge < -0.3 is 19.3 Å². The van der Waals surface area contributed by atoms with Gasteiger partial charge in [0, 0.05) is 24.0 Å². The van der Waals surface area contributed by atoms with E-state index in [1.165, 1.54) is 18.2 Å². The molecule has 4 aromatic rings. The lowest BCUT2D eigenvalue weighted by Crippen LogP contribution is -2.43. The summed E-state index contributed by atoms with van der Waals surface area (Å²) >= 11 is 0. The van der Waals surface area contributed by atoms with Gasteiger partial charge in [-0.1, -0.05) is 23.4 Å². The molecule has 174 valence electrons. The summed E-state index contributed by atoms with van der Waals surface area (Å²) in [5, 5.41) is 7.01. The number of aromatic nitrogens is 4. The minimum atomic E-state index is -0.540. The van der Waals surface area contributed by atoms with Gasteiger partial charge in [-0.2, -0.15) is 4.98 Å².